The third kappa shape index (κ3) is 3.92. The van der Waals surface area contributed by atoms with Gasteiger partial charge in [0.1, 0.15) is 5.82 Å². The Bertz CT molecular complexity index is 657. The van der Waals surface area contributed by atoms with Crippen LogP contribution in [-0.2, 0) is 11.3 Å². The quantitative estimate of drug-likeness (QED) is 0.915. The number of carbonyl (C=O) groups excluding carboxylic acids is 1. The number of rotatable bonds is 5. The fraction of sp³-hybridized carbons (Fsp3) is 0.278. The zero-order chi connectivity index (χ0) is 16.1. The molecule has 22 heavy (non-hydrogen) atoms. The van der Waals surface area contributed by atoms with Crippen molar-refractivity contribution < 1.29 is 9.18 Å². The number of para-hydroxylation sites is 1. The second kappa shape index (κ2) is 7.18. The van der Waals surface area contributed by atoms with E-state index in [0.717, 1.165) is 0 Å². The topological polar surface area (TPSA) is 32.3 Å². The van der Waals surface area contributed by atoms with Crippen molar-refractivity contribution >= 4 is 11.6 Å². The lowest BCUT2D eigenvalue weighted by molar-refractivity contribution is -0.120. The van der Waals surface area contributed by atoms with Crippen molar-refractivity contribution in [3.8, 4) is 0 Å². The molecular formula is C18H21FN2O. The van der Waals surface area contributed by atoms with Crippen LogP contribution in [-0.4, -0.2) is 23.9 Å². The zero-order valence-electron chi connectivity index (χ0n) is 13.1. The van der Waals surface area contributed by atoms with Gasteiger partial charge in [-0.2, -0.15) is 0 Å². The summed E-state index contributed by atoms with van der Waals surface area (Å²) >= 11 is 0. The molecule has 0 aromatic heterocycles. The summed E-state index contributed by atoms with van der Waals surface area (Å²) in [7, 11) is 1.89. The number of hydrogen-bond acceptors (Lipinski definition) is 2. The molecule has 4 heteroatoms. The van der Waals surface area contributed by atoms with Gasteiger partial charge >= 0.3 is 0 Å². The van der Waals surface area contributed by atoms with Crippen LogP contribution >= 0.6 is 0 Å². The molecule has 0 saturated heterocycles. The van der Waals surface area contributed by atoms with Crippen LogP contribution in [0.2, 0.25) is 0 Å². The lowest BCUT2D eigenvalue weighted by Crippen LogP contribution is -2.39. The van der Waals surface area contributed by atoms with Gasteiger partial charge in [0.2, 0.25) is 5.91 Å². The Morgan fingerprint density at radius 1 is 1.18 bits per heavy atom. The number of nitrogens with zero attached hydrogens (tertiary/aromatic N) is 1. The van der Waals surface area contributed by atoms with E-state index in [1.165, 1.54) is 17.2 Å². The molecule has 0 radical (unpaired) electrons. The van der Waals surface area contributed by atoms with Gasteiger partial charge in [-0.1, -0.05) is 36.4 Å². The van der Waals surface area contributed by atoms with Gasteiger partial charge in [-0.05, 0) is 44.2 Å². The Kier molecular flexibility index (Phi) is 5.28. The SMILES string of the molecule is Cc1ccccc1CN(C)C(C)C(=O)Nc1ccccc1F. The molecule has 0 aliphatic carbocycles. The second-order valence-electron chi connectivity index (χ2n) is 5.49. The molecule has 0 heterocycles. The highest BCUT2D eigenvalue weighted by atomic mass is 19.1. The van der Waals surface area contributed by atoms with Crippen LogP contribution < -0.4 is 5.32 Å². The minimum absolute atomic E-state index is 0.212. The molecule has 1 N–H and O–H groups in total. The highest BCUT2D eigenvalue weighted by molar-refractivity contribution is 5.94. The standard InChI is InChI=1S/C18H21FN2O/c1-13-8-4-5-9-15(13)12-21(3)14(2)18(22)20-17-11-7-6-10-16(17)19/h4-11,14H,12H2,1-3H3,(H,20,22). The summed E-state index contributed by atoms with van der Waals surface area (Å²) in [5.41, 5.74) is 2.58. The number of amides is 1. The summed E-state index contributed by atoms with van der Waals surface area (Å²) in [5, 5.41) is 2.64. The molecule has 0 aliphatic heterocycles. The summed E-state index contributed by atoms with van der Waals surface area (Å²) in [6.07, 6.45) is 0. The van der Waals surface area contributed by atoms with Crippen LogP contribution in [0.25, 0.3) is 0 Å². The van der Waals surface area contributed by atoms with Crippen LogP contribution in [0.15, 0.2) is 48.5 Å². The monoisotopic (exact) mass is 300 g/mol. The first-order chi connectivity index (χ1) is 10.5. The molecule has 2 rings (SSSR count). The van der Waals surface area contributed by atoms with Gasteiger partial charge in [0.05, 0.1) is 11.7 Å². The third-order valence-corrected chi connectivity index (χ3v) is 3.85. The van der Waals surface area contributed by atoms with Gasteiger partial charge in [-0.3, -0.25) is 9.69 Å². The highest BCUT2D eigenvalue weighted by Gasteiger charge is 2.19. The maximum absolute atomic E-state index is 13.6. The first-order valence-corrected chi connectivity index (χ1v) is 7.29. The predicted molar refractivity (Wildman–Crippen MR) is 87.1 cm³/mol. The molecular weight excluding hydrogens is 279 g/mol. The number of anilines is 1. The molecule has 0 bridgehead atoms. The Balaban J connectivity index is 2.01. The summed E-state index contributed by atoms with van der Waals surface area (Å²) < 4.78 is 13.6. The molecule has 2 aromatic rings. The minimum atomic E-state index is -0.426. The Morgan fingerprint density at radius 3 is 2.50 bits per heavy atom. The van der Waals surface area contributed by atoms with Crippen molar-refractivity contribution in [2.45, 2.75) is 26.4 Å². The first-order valence-electron chi connectivity index (χ1n) is 7.29. The fourth-order valence-corrected chi connectivity index (χ4v) is 2.19. The van der Waals surface area contributed by atoms with Crippen LogP contribution in [0.3, 0.4) is 0 Å². The largest absolute Gasteiger partial charge is 0.322 e. The smallest absolute Gasteiger partial charge is 0.241 e. The number of halogens is 1. The minimum Gasteiger partial charge on any atom is -0.322 e. The molecule has 0 fully saturated rings. The maximum atomic E-state index is 13.6. The van der Waals surface area contributed by atoms with Gasteiger partial charge in [0.15, 0.2) is 0 Å². The molecule has 1 unspecified atom stereocenters. The third-order valence-electron chi connectivity index (χ3n) is 3.85. The van der Waals surface area contributed by atoms with Crippen molar-refractivity contribution in [2.75, 3.05) is 12.4 Å². The van der Waals surface area contributed by atoms with E-state index in [9.17, 15) is 9.18 Å². The lowest BCUT2D eigenvalue weighted by Gasteiger charge is -2.24. The van der Waals surface area contributed by atoms with Crippen molar-refractivity contribution in [3.63, 3.8) is 0 Å². The van der Waals surface area contributed by atoms with E-state index in [0.29, 0.717) is 6.54 Å². The second-order valence-corrected chi connectivity index (χ2v) is 5.49. The average molecular weight is 300 g/mol. The number of likely N-dealkylation sites (N-methyl/N-ethyl adjacent to an activating group) is 1. The number of carbonyl (C=O) groups is 1. The summed E-state index contributed by atoms with van der Waals surface area (Å²) in [6.45, 7) is 4.53. The predicted octanol–water partition coefficient (Wildman–Crippen LogP) is 3.59. The molecule has 1 amide bonds. The summed E-state index contributed by atoms with van der Waals surface area (Å²) in [4.78, 5) is 14.2. The van der Waals surface area contributed by atoms with Crippen LogP contribution in [0.4, 0.5) is 10.1 Å². The van der Waals surface area contributed by atoms with Gasteiger partial charge in [-0.15, -0.1) is 0 Å². The molecule has 2 aromatic carbocycles. The van der Waals surface area contributed by atoms with Crippen molar-refractivity contribution in [3.05, 3.63) is 65.5 Å². The van der Waals surface area contributed by atoms with E-state index in [2.05, 4.69) is 5.32 Å². The van der Waals surface area contributed by atoms with Crippen molar-refractivity contribution in [2.24, 2.45) is 0 Å². The molecule has 1 atom stereocenters. The van der Waals surface area contributed by atoms with Gasteiger partial charge in [0, 0.05) is 6.54 Å². The lowest BCUT2D eigenvalue weighted by atomic mass is 10.1. The molecule has 116 valence electrons. The van der Waals surface area contributed by atoms with Gasteiger partial charge in [-0.25, -0.2) is 4.39 Å². The summed E-state index contributed by atoms with van der Waals surface area (Å²) in [6, 6.07) is 13.9. The first kappa shape index (κ1) is 16.2. The normalized spacial score (nSPS) is 12.2. The van der Waals surface area contributed by atoms with Gasteiger partial charge < -0.3 is 5.32 Å². The van der Waals surface area contributed by atoms with E-state index in [1.807, 2.05) is 50.1 Å². The fourth-order valence-electron chi connectivity index (χ4n) is 2.19. The van der Waals surface area contributed by atoms with Gasteiger partial charge in [0.25, 0.3) is 0 Å². The number of benzene rings is 2. The Morgan fingerprint density at radius 2 is 1.82 bits per heavy atom. The summed E-state index contributed by atoms with van der Waals surface area (Å²) in [5.74, 6) is -0.647. The molecule has 3 nitrogen and oxygen atoms in total. The van der Waals surface area contributed by atoms with E-state index in [-0.39, 0.29) is 17.6 Å². The number of nitrogens with one attached hydrogen (secondary N) is 1. The Labute approximate surface area is 130 Å². The molecule has 0 spiro atoms. The Hall–Kier alpha value is -2.20. The number of hydrogen-bond donors (Lipinski definition) is 1. The highest BCUT2D eigenvalue weighted by Crippen LogP contribution is 2.15. The van der Waals surface area contributed by atoms with Crippen molar-refractivity contribution in [1.29, 1.82) is 0 Å². The van der Waals surface area contributed by atoms with Crippen LogP contribution in [0.1, 0.15) is 18.1 Å². The molecule has 0 aliphatic rings. The van der Waals surface area contributed by atoms with E-state index >= 15 is 0 Å². The van der Waals surface area contributed by atoms with E-state index < -0.39 is 5.82 Å². The molecule has 0 saturated carbocycles. The van der Waals surface area contributed by atoms with Crippen LogP contribution in [0.5, 0.6) is 0 Å². The van der Waals surface area contributed by atoms with Crippen LogP contribution in [0, 0.1) is 12.7 Å². The average Bonchev–Trinajstić information content (AvgIpc) is 2.51. The van der Waals surface area contributed by atoms with E-state index in [4.69, 9.17) is 0 Å². The zero-order valence-corrected chi connectivity index (χ0v) is 13.1. The van der Waals surface area contributed by atoms with Crippen molar-refractivity contribution in [1.82, 2.24) is 4.90 Å². The number of aryl methyl sites for hydroxylation is 1. The van der Waals surface area contributed by atoms with E-state index in [1.54, 1.807) is 18.2 Å². The maximum Gasteiger partial charge on any atom is 0.241 e.